The number of hydrogen-bond acceptors (Lipinski definition) is 5. The monoisotopic (exact) mass is 342 g/mol. The standard InChI is InChI=1S/C19H26N4O2/c1-13(2)18-20-19(22-21-18)17-12-23(8-10-25-17)7-5-14-3-4-16-15(11-14)6-9-24-16/h3-4,11,13,17H,5-10,12H2,1-2H3,(H,20,21,22). The van der Waals surface area contributed by atoms with Gasteiger partial charge in [-0.1, -0.05) is 26.0 Å². The van der Waals surface area contributed by atoms with Gasteiger partial charge in [-0.3, -0.25) is 10.00 Å². The number of benzene rings is 1. The van der Waals surface area contributed by atoms with Gasteiger partial charge < -0.3 is 9.47 Å². The van der Waals surface area contributed by atoms with E-state index in [0.717, 1.165) is 63.1 Å². The number of nitrogens with zero attached hydrogens (tertiary/aromatic N) is 3. The van der Waals surface area contributed by atoms with Crippen molar-refractivity contribution >= 4 is 0 Å². The van der Waals surface area contributed by atoms with Gasteiger partial charge in [0.1, 0.15) is 11.9 Å². The zero-order valence-electron chi connectivity index (χ0n) is 15.0. The molecule has 0 aliphatic carbocycles. The van der Waals surface area contributed by atoms with Gasteiger partial charge in [0.15, 0.2) is 11.6 Å². The summed E-state index contributed by atoms with van der Waals surface area (Å²) in [6.07, 6.45) is 2.07. The molecule has 134 valence electrons. The topological polar surface area (TPSA) is 63.3 Å². The molecule has 6 nitrogen and oxygen atoms in total. The van der Waals surface area contributed by atoms with Gasteiger partial charge in [-0.2, -0.15) is 5.10 Å². The minimum Gasteiger partial charge on any atom is -0.493 e. The highest BCUT2D eigenvalue weighted by atomic mass is 16.5. The molecule has 1 atom stereocenters. The fourth-order valence-corrected chi connectivity index (χ4v) is 3.44. The second-order valence-electron chi connectivity index (χ2n) is 7.18. The van der Waals surface area contributed by atoms with Crippen LogP contribution in [0.3, 0.4) is 0 Å². The van der Waals surface area contributed by atoms with E-state index in [1.165, 1.54) is 11.1 Å². The van der Waals surface area contributed by atoms with Crippen LogP contribution >= 0.6 is 0 Å². The molecule has 1 fully saturated rings. The molecule has 3 heterocycles. The summed E-state index contributed by atoms with van der Waals surface area (Å²) < 4.78 is 11.5. The zero-order valence-corrected chi connectivity index (χ0v) is 15.0. The van der Waals surface area contributed by atoms with Crippen molar-refractivity contribution in [1.82, 2.24) is 20.1 Å². The van der Waals surface area contributed by atoms with E-state index in [9.17, 15) is 0 Å². The van der Waals surface area contributed by atoms with Crippen LogP contribution in [0.15, 0.2) is 18.2 Å². The molecule has 2 aliphatic heterocycles. The lowest BCUT2D eigenvalue weighted by Gasteiger charge is -2.31. The number of rotatable bonds is 5. The number of aromatic amines is 1. The maximum absolute atomic E-state index is 5.91. The third-order valence-corrected chi connectivity index (χ3v) is 4.96. The minimum atomic E-state index is -0.0119. The van der Waals surface area contributed by atoms with E-state index in [1.54, 1.807) is 0 Å². The van der Waals surface area contributed by atoms with Crippen molar-refractivity contribution in [2.75, 3.05) is 32.8 Å². The molecule has 2 aromatic rings. The van der Waals surface area contributed by atoms with E-state index in [2.05, 4.69) is 52.1 Å². The van der Waals surface area contributed by atoms with Crippen LogP contribution in [0, 0.1) is 0 Å². The van der Waals surface area contributed by atoms with Crippen molar-refractivity contribution in [3.05, 3.63) is 41.0 Å². The van der Waals surface area contributed by atoms with Crippen LogP contribution in [0.2, 0.25) is 0 Å². The van der Waals surface area contributed by atoms with Gasteiger partial charge in [-0.25, -0.2) is 4.98 Å². The zero-order chi connectivity index (χ0) is 17.2. The van der Waals surface area contributed by atoms with Crippen LogP contribution in [0.5, 0.6) is 5.75 Å². The lowest BCUT2D eigenvalue weighted by atomic mass is 10.1. The average molecular weight is 342 g/mol. The van der Waals surface area contributed by atoms with Gasteiger partial charge in [0.2, 0.25) is 0 Å². The van der Waals surface area contributed by atoms with Crippen molar-refractivity contribution in [3.63, 3.8) is 0 Å². The predicted octanol–water partition coefficient (Wildman–Crippen LogP) is 2.48. The van der Waals surface area contributed by atoms with E-state index in [0.29, 0.717) is 5.92 Å². The van der Waals surface area contributed by atoms with Crippen molar-refractivity contribution < 1.29 is 9.47 Å². The molecule has 1 aromatic carbocycles. The molecule has 25 heavy (non-hydrogen) atoms. The molecule has 0 saturated carbocycles. The van der Waals surface area contributed by atoms with Crippen molar-refractivity contribution in [1.29, 1.82) is 0 Å². The highest BCUT2D eigenvalue weighted by molar-refractivity contribution is 5.39. The summed E-state index contributed by atoms with van der Waals surface area (Å²) in [6, 6.07) is 6.60. The fraction of sp³-hybridized carbons (Fsp3) is 0.579. The number of aromatic nitrogens is 3. The van der Waals surface area contributed by atoms with Crippen LogP contribution in [-0.4, -0.2) is 52.9 Å². The Morgan fingerprint density at radius 1 is 1.32 bits per heavy atom. The molecule has 6 heteroatoms. The lowest BCUT2D eigenvalue weighted by molar-refractivity contribution is -0.0337. The maximum Gasteiger partial charge on any atom is 0.155 e. The summed E-state index contributed by atoms with van der Waals surface area (Å²) in [5.74, 6) is 3.09. The fourth-order valence-electron chi connectivity index (χ4n) is 3.44. The summed E-state index contributed by atoms with van der Waals surface area (Å²) in [4.78, 5) is 7.05. The second kappa shape index (κ2) is 7.14. The normalized spacial score (nSPS) is 20.7. The maximum atomic E-state index is 5.91. The van der Waals surface area contributed by atoms with E-state index in [1.807, 2.05) is 0 Å². The first kappa shape index (κ1) is 16.5. The second-order valence-corrected chi connectivity index (χ2v) is 7.18. The van der Waals surface area contributed by atoms with E-state index < -0.39 is 0 Å². The molecule has 0 radical (unpaired) electrons. The quantitative estimate of drug-likeness (QED) is 0.904. The number of fused-ring (bicyclic) bond motifs is 1. The lowest BCUT2D eigenvalue weighted by Crippen LogP contribution is -2.39. The van der Waals surface area contributed by atoms with Crippen LogP contribution in [0.25, 0.3) is 0 Å². The Kier molecular flexibility index (Phi) is 4.72. The molecule has 1 N–H and O–H groups in total. The number of nitrogens with one attached hydrogen (secondary N) is 1. The van der Waals surface area contributed by atoms with Gasteiger partial charge in [0.05, 0.1) is 13.2 Å². The highest BCUT2D eigenvalue weighted by Gasteiger charge is 2.25. The van der Waals surface area contributed by atoms with Gasteiger partial charge >= 0.3 is 0 Å². The number of hydrogen-bond donors (Lipinski definition) is 1. The van der Waals surface area contributed by atoms with Crippen LogP contribution in [-0.2, 0) is 17.6 Å². The average Bonchev–Trinajstić information content (AvgIpc) is 3.29. The number of H-pyrrole nitrogens is 1. The molecular formula is C19H26N4O2. The largest absolute Gasteiger partial charge is 0.493 e. The Morgan fingerprint density at radius 2 is 2.24 bits per heavy atom. The van der Waals surface area contributed by atoms with Gasteiger partial charge in [0.25, 0.3) is 0 Å². The molecule has 0 bridgehead atoms. The molecule has 1 saturated heterocycles. The summed E-state index contributed by atoms with van der Waals surface area (Å²) in [5.41, 5.74) is 2.73. The van der Waals surface area contributed by atoms with Gasteiger partial charge in [-0.15, -0.1) is 0 Å². The van der Waals surface area contributed by atoms with Gasteiger partial charge in [0, 0.05) is 32.0 Å². The SMILES string of the molecule is CC(C)c1n[nH]c(C2CN(CCc3ccc4c(c3)CCO4)CCO2)n1. The van der Waals surface area contributed by atoms with Crippen molar-refractivity contribution in [2.45, 2.75) is 38.7 Å². The highest BCUT2D eigenvalue weighted by Crippen LogP contribution is 2.26. The van der Waals surface area contributed by atoms with E-state index >= 15 is 0 Å². The van der Waals surface area contributed by atoms with Crippen molar-refractivity contribution in [3.8, 4) is 5.75 Å². The summed E-state index contributed by atoms with van der Waals surface area (Å²) in [7, 11) is 0. The third-order valence-electron chi connectivity index (χ3n) is 4.96. The summed E-state index contributed by atoms with van der Waals surface area (Å²) in [6.45, 7) is 8.62. The van der Waals surface area contributed by atoms with Gasteiger partial charge in [-0.05, 0) is 23.6 Å². The first-order valence-corrected chi connectivity index (χ1v) is 9.20. The van der Waals surface area contributed by atoms with Crippen LogP contribution in [0.1, 0.15) is 48.6 Å². The summed E-state index contributed by atoms with van der Waals surface area (Å²) >= 11 is 0. The Labute approximate surface area is 148 Å². The molecule has 0 amide bonds. The molecule has 4 rings (SSSR count). The summed E-state index contributed by atoms with van der Waals surface area (Å²) in [5, 5.41) is 7.35. The molecule has 2 aliphatic rings. The number of ether oxygens (including phenoxy) is 2. The first-order valence-electron chi connectivity index (χ1n) is 9.20. The smallest absolute Gasteiger partial charge is 0.155 e. The predicted molar refractivity (Wildman–Crippen MR) is 94.9 cm³/mol. The molecule has 1 unspecified atom stereocenters. The van der Waals surface area contributed by atoms with E-state index in [-0.39, 0.29) is 6.10 Å². The van der Waals surface area contributed by atoms with E-state index in [4.69, 9.17) is 9.47 Å². The molecular weight excluding hydrogens is 316 g/mol. The Hall–Kier alpha value is -1.92. The van der Waals surface area contributed by atoms with Crippen LogP contribution in [0.4, 0.5) is 0 Å². The third kappa shape index (κ3) is 3.70. The molecule has 1 aromatic heterocycles. The minimum absolute atomic E-state index is 0.0119. The number of morpholine rings is 1. The molecule has 0 spiro atoms. The van der Waals surface area contributed by atoms with Crippen molar-refractivity contribution in [2.24, 2.45) is 0 Å². The Balaban J connectivity index is 1.35. The Bertz CT molecular complexity index is 728. The van der Waals surface area contributed by atoms with Crippen LogP contribution < -0.4 is 4.74 Å². The Morgan fingerprint density at radius 3 is 3.08 bits per heavy atom. The first-order chi connectivity index (χ1) is 12.2.